The normalized spacial score (nSPS) is 11.6. The Kier molecular flexibility index (Phi) is 3.83. The zero-order valence-corrected chi connectivity index (χ0v) is 10.3. The summed E-state index contributed by atoms with van der Waals surface area (Å²) in [7, 11) is 0. The lowest BCUT2D eigenvalue weighted by molar-refractivity contribution is -0.138. The topological polar surface area (TPSA) is 50.4 Å². The predicted octanol–water partition coefficient (Wildman–Crippen LogP) is 3.98. The third-order valence-corrected chi connectivity index (χ3v) is 2.74. The van der Waals surface area contributed by atoms with Crippen LogP contribution < -0.4 is 0 Å². The van der Waals surface area contributed by atoms with Gasteiger partial charge in [-0.05, 0) is 24.3 Å². The Balaban J connectivity index is 2.14. The van der Waals surface area contributed by atoms with Gasteiger partial charge in [0.25, 0.3) is 0 Å². The molecule has 0 saturated heterocycles. The summed E-state index contributed by atoms with van der Waals surface area (Å²) in [5, 5.41) is 8.56. The molecule has 0 bridgehead atoms. The van der Waals surface area contributed by atoms with Crippen LogP contribution in [0, 0.1) is 0 Å². The smallest absolute Gasteiger partial charge is 0.416 e. The average Bonchev–Trinajstić information content (AvgIpc) is 2.84. The number of furan rings is 1. The van der Waals surface area contributed by atoms with Crippen molar-refractivity contribution < 1.29 is 27.5 Å². The number of aliphatic carboxylic acids is 1. The molecule has 0 radical (unpaired) electrons. The largest absolute Gasteiger partial charge is 0.481 e. The summed E-state index contributed by atoms with van der Waals surface area (Å²) in [5.74, 6) is -0.0288. The van der Waals surface area contributed by atoms with Gasteiger partial charge >= 0.3 is 12.1 Å². The molecule has 0 spiro atoms. The van der Waals surface area contributed by atoms with Gasteiger partial charge in [0.2, 0.25) is 0 Å². The molecule has 0 aliphatic rings. The van der Waals surface area contributed by atoms with Crippen LogP contribution in [-0.2, 0) is 17.4 Å². The van der Waals surface area contributed by atoms with E-state index < -0.39 is 17.7 Å². The van der Waals surface area contributed by atoms with Crippen molar-refractivity contribution in [3.8, 4) is 11.3 Å². The maximum Gasteiger partial charge on any atom is 0.416 e. The molecule has 1 aromatic carbocycles. The summed E-state index contributed by atoms with van der Waals surface area (Å²) in [4.78, 5) is 10.4. The Labute approximate surface area is 112 Å². The van der Waals surface area contributed by atoms with Gasteiger partial charge < -0.3 is 9.52 Å². The highest BCUT2D eigenvalue weighted by molar-refractivity contribution is 5.67. The van der Waals surface area contributed by atoms with E-state index in [0.717, 1.165) is 12.1 Å². The molecule has 0 unspecified atom stereocenters. The zero-order chi connectivity index (χ0) is 14.8. The number of rotatable bonds is 4. The quantitative estimate of drug-likeness (QED) is 0.923. The molecule has 3 nitrogen and oxygen atoms in total. The summed E-state index contributed by atoms with van der Waals surface area (Å²) in [6, 6.07) is 7.84. The second-order valence-electron chi connectivity index (χ2n) is 4.23. The van der Waals surface area contributed by atoms with E-state index in [-0.39, 0.29) is 12.8 Å². The number of hydrogen-bond acceptors (Lipinski definition) is 2. The van der Waals surface area contributed by atoms with Crippen LogP contribution in [0.4, 0.5) is 13.2 Å². The molecule has 6 heteroatoms. The highest BCUT2D eigenvalue weighted by Crippen LogP contribution is 2.31. The van der Waals surface area contributed by atoms with Gasteiger partial charge in [-0.1, -0.05) is 12.1 Å². The lowest BCUT2D eigenvalue weighted by Crippen LogP contribution is -2.03. The minimum atomic E-state index is -4.37. The number of halogens is 3. The van der Waals surface area contributed by atoms with Crippen LogP contribution in [0.3, 0.4) is 0 Å². The number of carbonyl (C=O) groups is 1. The van der Waals surface area contributed by atoms with Crippen molar-refractivity contribution in [2.45, 2.75) is 19.0 Å². The van der Waals surface area contributed by atoms with Crippen molar-refractivity contribution in [1.82, 2.24) is 0 Å². The first-order valence-electron chi connectivity index (χ1n) is 5.84. The maximum absolute atomic E-state index is 12.4. The molecular weight excluding hydrogens is 273 g/mol. The minimum absolute atomic E-state index is 0.0556. The van der Waals surface area contributed by atoms with E-state index in [1.165, 1.54) is 12.1 Å². The molecular formula is C14H11F3O3. The van der Waals surface area contributed by atoms with E-state index in [0.29, 0.717) is 17.1 Å². The second kappa shape index (κ2) is 5.40. The molecule has 1 N–H and O–H groups in total. The van der Waals surface area contributed by atoms with Crippen LogP contribution in [0.1, 0.15) is 17.7 Å². The summed E-state index contributed by atoms with van der Waals surface area (Å²) in [6.45, 7) is 0. The Morgan fingerprint density at radius 3 is 2.30 bits per heavy atom. The first kappa shape index (κ1) is 14.2. The van der Waals surface area contributed by atoms with Crippen molar-refractivity contribution >= 4 is 5.97 Å². The summed E-state index contributed by atoms with van der Waals surface area (Å²) in [5.41, 5.74) is -0.210. The molecule has 0 saturated carbocycles. The van der Waals surface area contributed by atoms with Gasteiger partial charge in [0.1, 0.15) is 11.5 Å². The van der Waals surface area contributed by atoms with Crippen LogP contribution >= 0.6 is 0 Å². The second-order valence-corrected chi connectivity index (χ2v) is 4.23. The van der Waals surface area contributed by atoms with E-state index >= 15 is 0 Å². The third-order valence-electron chi connectivity index (χ3n) is 2.74. The third kappa shape index (κ3) is 3.40. The fourth-order valence-electron chi connectivity index (χ4n) is 1.72. The van der Waals surface area contributed by atoms with E-state index in [9.17, 15) is 18.0 Å². The van der Waals surface area contributed by atoms with Crippen LogP contribution in [-0.4, -0.2) is 11.1 Å². The highest BCUT2D eigenvalue weighted by Gasteiger charge is 2.30. The standard InChI is InChI=1S/C14H11F3O3/c15-14(16,17)10-3-1-9(2-4-10)12-7-5-11(20-12)6-8-13(18)19/h1-5,7H,6,8H2,(H,18,19). The first-order chi connectivity index (χ1) is 9.36. The summed E-state index contributed by atoms with van der Waals surface area (Å²) in [6.07, 6.45) is -4.18. The van der Waals surface area contributed by atoms with Gasteiger partial charge in [0.05, 0.1) is 12.0 Å². The number of carboxylic acid groups (broad SMARTS) is 1. The molecule has 2 aromatic rings. The van der Waals surface area contributed by atoms with Crippen LogP contribution in [0.25, 0.3) is 11.3 Å². The molecule has 0 aliphatic carbocycles. The monoisotopic (exact) mass is 284 g/mol. The number of hydrogen-bond donors (Lipinski definition) is 1. The van der Waals surface area contributed by atoms with Crippen molar-refractivity contribution in [3.05, 3.63) is 47.7 Å². The fraction of sp³-hybridized carbons (Fsp3) is 0.214. The van der Waals surface area contributed by atoms with Gasteiger partial charge in [0, 0.05) is 12.0 Å². The Hall–Kier alpha value is -2.24. The van der Waals surface area contributed by atoms with E-state index in [1.54, 1.807) is 12.1 Å². The van der Waals surface area contributed by atoms with Crippen LogP contribution in [0.15, 0.2) is 40.8 Å². The maximum atomic E-state index is 12.4. The fourth-order valence-corrected chi connectivity index (χ4v) is 1.72. The highest BCUT2D eigenvalue weighted by atomic mass is 19.4. The molecule has 0 fully saturated rings. The lowest BCUT2D eigenvalue weighted by Gasteiger charge is -2.06. The SMILES string of the molecule is O=C(O)CCc1ccc(-c2ccc(C(F)(F)F)cc2)o1. The Morgan fingerprint density at radius 2 is 1.75 bits per heavy atom. The van der Waals surface area contributed by atoms with E-state index in [1.807, 2.05) is 0 Å². The lowest BCUT2D eigenvalue weighted by atomic mass is 10.1. The Morgan fingerprint density at radius 1 is 1.10 bits per heavy atom. The number of benzene rings is 1. The zero-order valence-electron chi connectivity index (χ0n) is 10.3. The number of alkyl halides is 3. The molecule has 1 heterocycles. The van der Waals surface area contributed by atoms with Crippen molar-refractivity contribution in [3.63, 3.8) is 0 Å². The molecule has 0 atom stereocenters. The Bertz CT molecular complexity index is 597. The average molecular weight is 284 g/mol. The summed E-state index contributed by atoms with van der Waals surface area (Å²) >= 11 is 0. The van der Waals surface area contributed by atoms with Crippen molar-refractivity contribution in [2.24, 2.45) is 0 Å². The molecule has 0 amide bonds. The predicted molar refractivity (Wildman–Crippen MR) is 65.1 cm³/mol. The minimum Gasteiger partial charge on any atom is -0.481 e. The number of carboxylic acids is 1. The van der Waals surface area contributed by atoms with Crippen LogP contribution in [0.2, 0.25) is 0 Å². The number of aryl methyl sites for hydroxylation is 1. The van der Waals surface area contributed by atoms with E-state index in [4.69, 9.17) is 9.52 Å². The molecule has 0 aliphatic heterocycles. The molecule has 106 valence electrons. The first-order valence-corrected chi connectivity index (χ1v) is 5.84. The summed E-state index contributed by atoms with van der Waals surface area (Å²) < 4.78 is 42.7. The molecule has 1 aromatic heterocycles. The van der Waals surface area contributed by atoms with Gasteiger partial charge in [0.15, 0.2) is 0 Å². The van der Waals surface area contributed by atoms with Gasteiger partial charge in [-0.15, -0.1) is 0 Å². The van der Waals surface area contributed by atoms with Gasteiger partial charge in [-0.25, -0.2) is 0 Å². The van der Waals surface area contributed by atoms with Gasteiger partial charge in [-0.3, -0.25) is 4.79 Å². The van der Waals surface area contributed by atoms with E-state index in [2.05, 4.69) is 0 Å². The molecule has 20 heavy (non-hydrogen) atoms. The van der Waals surface area contributed by atoms with Crippen molar-refractivity contribution in [2.75, 3.05) is 0 Å². The van der Waals surface area contributed by atoms with Gasteiger partial charge in [-0.2, -0.15) is 13.2 Å². The molecule has 2 rings (SSSR count). The van der Waals surface area contributed by atoms with Crippen molar-refractivity contribution in [1.29, 1.82) is 0 Å². The van der Waals surface area contributed by atoms with Crippen LogP contribution in [0.5, 0.6) is 0 Å².